The highest BCUT2D eigenvalue weighted by molar-refractivity contribution is 5.96. The van der Waals surface area contributed by atoms with Crippen LogP contribution in [0.4, 0.5) is 11.4 Å². The third kappa shape index (κ3) is 3.44. The van der Waals surface area contributed by atoms with Crippen molar-refractivity contribution in [3.63, 3.8) is 0 Å². The van der Waals surface area contributed by atoms with E-state index in [1.54, 1.807) is 0 Å². The smallest absolute Gasteiger partial charge is 0.253 e. The van der Waals surface area contributed by atoms with Gasteiger partial charge in [0.1, 0.15) is 0 Å². The second-order valence-electron chi connectivity index (χ2n) is 6.95. The second kappa shape index (κ2) is 6.79. The SMILES string of the molecule is CN(C)C1CCN(c2cc(C(=O)N3CCCC3)ccc2N)CC1. The van der Waals surface area contributed by atoms with Gasteiger partial charge in [0, 0.05) is 37.8 Å². The quantitative estimate of drug-likeness (QED) is 0.867. The number of carbonyl (C=O) groups is 1. The molecule has 3 rings (SSSR count). The van der Waals surface area contributed by atoms with E-state index in [1.807, 2.05) is 23.1 Å². The lowest BCUT2D eigenvalue weighted by molar-refractivity contribution is 0.0793. The van der Waals surface area contributed by atoms with Crippen LogP contribution in [0.1, 0.15) is 36.0 Å². The lowest BCUT2D eigenvalue weighted by atomic mass is 10.0. The zero-order valence-corrected chi connectivity index (χ0v) is 14.3. The standard InChI is InChI=1S/C18H28N4O/c1-20(2)15-7-11-21(12-8-15)17-13-14(5-6-16(17)19)18(23)22-9-3-4-10-22/h5-6,13,15H,3-4,7-12,19H2,1-2H3. The fourth-order valence-corrected chi connectivity index (χ4v) is 3.68. The predicted octanol–water partition coefficient (Wildman–Crippen LogP) is 2.04. The van der Waals surface area contributed by atoms with Crippen molar-refractivity contribution in [3.05, 3.63) is 23.8 Å². The molecular weight excluding hydrogens is 288 g/mol. The summed E-state index contributed by atoms with van der Waals surface area (Å²) in [4.78, 5) is 19.2. The molecule has 0 spiro atoms. The van der Waals surface area contributed by atoms with E-state index in [1.165, 1.54) is 0 Å². The maximum Gasteiger partial charge on any atom is 0.253 e. The molecule has 126 valence electrons. The first kappa shape index (κ1) is 16.1. The number of carbonyl (C=O) groups excluding carboxylic acids is 1. The van der Waals surface area contributed by atoms with Gasteiger partial charge < -0.3 is 20.4 Å². The molecule has 2 fully saturated rings. The number of benzene rings is 1. The molecule has 1 aromatic rings. The van der Waals surface area contributed by atoms with Crippen molar-refractivity contribution in [3.8, 4) is 0 Å². The fourth-order valence-electron chi connectivity index (χ4n) is 3.68. The molecule has 2 aliphatic heterocycles. The van der Waals surface area contributed by atoms with E-state index >= 15 is 0 Å². The zero-order valence-electron chi connectivity index (χ0n) is 14.3. The Labute approximate surface area is 139 Å². The number of piperidine rings is 1. The number of amides is 1. The molecule has 2 heterocycles. The summed E-state index contributed by atoms with van der Waals surface area (Å²) in [7, 11) is 4.29. The number of hydrogen-bond acceptors (Lipinski definition) is 4. The zero-order chi connectivity index (χ0) is 16.4. The second-order valence-corrected chi connectivity index (χ2v) is 6.95. The monoisotopic (exact) mass is 316 g/mol. The Kier molecular flexibility index (Phi) is 4.76. The van der Waals surface area contributed by atoms with Gasteiger partial charge in [0.25, 0.3) is 5.91 Å². The van der Waals surface area contributed by atoms with Crippen molar-refractivity contribution < 1.29 is 4.79 Å². The van der Waals surface area contributed by atoms with E-state index in [4.69, 9.17) is 5.73 Å². The highest BCUT2D eigenvalue weighted by Crippen LogP contribution is 2.29. The molecule has 0 radical (unpaired) electrons. The predicted molar refractivity (Wildman–Crippen MR) is 94.9 cm³/mol. The van der Waals surface area contributed by atoms with Gasteiger partial charge in [-0.1, -0.05) is 0 Å². The molecule has 5 nitrogen and oxygen atoms in total. The van der Waals surface area contributed by atoms with Crippen molar-refractivity contribution in [1.82, 2.24) is 9.80 Å². The van der Waals surface area contributed by atoms with Gasteiger partial charge in [-0.05, 0) is 58.0 Å². The number of likely N-dealkylation sites (tertiary alicyclic amines) is 1. The van der Waals surface area contributed by atoms with Gasteiger partial charge in [-0.25, -0.2) is 0 Å². The topological polar surface area (TPSA) is 52.8 Å². The third-order valence-corrected chi connectivity index (χ3v) is 5.21. The van der Waals surface area contributed by atoms with Crippen LogP contribution in [0.3, 0.4) is 0 Å². The Morgan fingerprint density at radius 3 is 2.39 bits per heavy atom. The highest BCUT2D eigenvalue weighted by Gasteiger charge is 2.24. The van der Waals surface area contributed by atoms with Crippen LogP contribution in [0.2, 0.25) is 0 Å². The van der Waals surface area contributed by atoms with Crippen molar-refractivity contribution >= 4 is 17.3 Å². The summed E-state index contributed by atoms with van der Waals surface area (Å²) in [5.74, 6) is 0.145. The van der Waals surface area contributed by atoms with Crippen LogP contribution >= 0.6 is 0 Å². The molecular formula is C18H28N4O. The van der Waals surface area contributed by atoms with Crippen molar-refractivity contribution in [1.29, 1.82) is 0 Å². The molecule has 23 heavy (non-hydrogen) atoms. The van der Waals surface area contributed by atoms with Gasteiger partial charge in [0.05, 0.1) is 11.4 Å². The van der Waals surface area contributed by atoms with E-state index in [9.17, 15) is 4.79 Å². The van der Waals surface area contributed by atoms with E-state index in [2.05, 4.69) is 23.9 Å². The van der Waals surface area contributed by atoms with Crippen LogP contribution in [0.25, 0.3) is 0 Å². The van der Waals surface area contributed by atoms with Gasteiger partial charge >= 0.3 is 0 Å². The molecule has 0 aliphatic carbocycles. The molecule has 1 aromatic carbocycles. The van der Waals surface area contributed by atoms with E-state index < -0.39 is 0 Å². The Bertz CT molecular complexity index is 558. The van der Waals surface area contributed by atoms with Crippen LogP contribution in [0.5, 0.6) is 0 Å². The minimum Gasteiger partial charge on any atom is -0.397 e. The van der Waals surface area contributed by atoms with Crippen molar-refractivity contribution in [2.75, 3.05) is 50.9 Å². The summed E-state index contributed by atoms with van der Waals surface area (Å²) in [6.07, 6.45) is 4.50. The number of rotatable bonds is 3. The summed E-state index contributed by atoms with van der Waals surface area (Å²) in [6.45, 7) is 3.75. The summed E-state index contributed by atoms with van der Waals surface area (Å²) < 4.78 is 0. The lowest BCUT2D eigenvalue weighted by Crippen LogP contribution is -2.42. The minimum absolute atomic E-state index is 0.145. The minimum atomic E-state index is 0.145. The molecule has 2 saturated heterocycles. The summed E-state index contributed by atoms with van der Waals surface area (Å²) in [6, 6.07) is 6.39. The maximum absolute atomic E-state index is 12.6. The average Bonchev–Trinajstić information content (AvgIpc) is 3.09. The van der Waals surface area contributed by atoms with Gasteiger partial charge in [-0.3, -0.25) is 4.79 Å². The normalized spacial score (nSPS) is 19.6. The van der Waals surface area contributed by atoms with Crippen molar-refractivity contribution in [2.24, 2.45) is 0 Å². The van der Waals surface area contributed by atoms with Gasteiger partial charge in [-0.15, -0.1) is 0 Å². The molecule has 2 aliphatic rings. The fraction of sp³-hybridized carbons (Fsp3) is 0.611. The largest absolute Gasteiger partial charge is 0.397 e. The van der Waals surface area contributed by atoms with E-state index in [0.29, 0.717) is 6.04 Å². The average molecular weight is 316 g/mol. The van der Waals surface area contributed by atoms with Crippen LogP contribution < -0.4 is 10.6 Å². The Morgan fingerprint density at radius 1 is 1.13 bits per heavy atom. The highest BCUT2D eigenvalue weighted by atomic mass is 16.2. The van der Waals surface area contributed by atoms with Gasteiger partial charge in [-0.2, -0.15) is 0 Å². The van der Waals surface area contributed by atoms with E-state index in [0.717, 1.165) is 68.8 Å². The number of nitrogens with zero attached hydrogens (tertiary/aromatic N) is 3. The summed E-state index contributed by atoms with van der Waals surface area (Å²) in [5, 5.41) is 0. The van der Waals surface area contributed by atoms with Gasteiger partial charge in [0.15, 0.2) is 0 Å². The molecule has 0 unspecified atom stereocenters. The lowest BCUT2D eigenvalue weighted by Gasteiger charge is -2.37. The number of nitrogens with two attached hydrogens (primary N) is 1. The van der Waals surface area contributed by atoms with Gasteiger partial charge in [0.2, 0.25) is 0 Å². The molecule has 0 atom stereocenters. The van der Waals surface area contributed by atoms with Crippen molar-refractivity contribution in [2.45, 2.75) is 31.7 Å². The van der Waals surface area contributed by atoms with Crippen LogP contribution in [-0.4, -0.2) is 62.0 Å². The number of hydrogen-bond donors (Lipinski definition) is 1. The molecule has 5 heteroatoms. The first-order valence-electron chi connectivity index (χ1n) is 8.66. The Hall–Kier alpha value is -1.75. The Morgan fingerprint density at radius 2 is 1.78 bits per heavy atom. The van der Waals surface area contributed by atoms with E-state index in [-0.39, 0.29) is 5.91 Å². The molecule has 0 aromatic heterocycles. The molecule has 0 saturated carbocycles. The number of anilines is 2. The summed E-state index contributed by atoms with van der Waals surface area (Å²) in [5.41, 5.74) is 8.75. The molecule has 2 N–H and O–H groups in total. The van der Waals surface area contributed by atoms with Crippen LogP contribution in [0, 0.1) is 0 Å². The number of nitrogen functional groups attached to an aromatic ring is 1. The third-order valence-electron chi connectivity index (χ3n) is 5.21. The Balaban J connectivity index is 1.74. The molecule has 1 amide bonds. The summed E-state index contributed by atoms with van der Waals surface area (Å²) >= 11 is 0. The molecule has 0 bridgehead atoms. The van der Waals surface area contributed by atoms with Crippen LogP contribution in [0.15, 0.2) is 18.2 Å². The first-order chi connectivity index (χ1) is 11.1. The first-order valence-corrected chi connectivity index (χ1v) is 8.66. The van der Waals surface area contributed by atoms with Crippen LogP contribution in [-0.2, 0) is 0 Å². The maximum atomic E-state index is 12.6.